The second kappa shape index (κ2) is 8.31. The maximum Gasteiger partial charge on any atom is 0.271 e. The van der Waals surface area contributed by atoms with Gasteiger partial charge in [0.25, 0.3) is 5.91 Å². The van der Waals surface area contributed by atoms with Gasteiger partial charge in [0.15, 0.2) is 0 Å². The molecule has 0 saturated carbocycles. The van der Waals surface area contributed by atoms with Crippen molar-refractivity contribution in [1.29, 1.82) is 0 Å². The molecule has 0 aliphatic rings. The molecule has 0 bridgehead atoms. The summed E-state index contributed by atoms with van der Waals surface area (Å²) >= 11 is 3.03. The molecule has 2 rings (SSSR count). The summed E-state index contributed by atoms with van der Waals surface area (Å²) in [7, 11) is 0. The number of hydrogen-bond acceptors (Lipinski definition) is 5. The zero-order valence-electron chi connectivity index (χ0n) is 12.7. The predicted molar refractivity (Wildman–Crippen MR) is 92.7 cm³/mol. The van der Waals surface area contributed by atoms with E-state index in [2.05, 4.69) is 10.3 Å². The molecule has 1 heterocycles. The lowest BCUT2D eigenvalue weighted by Gasteiger charge is -2.20. The summed E-state index contributed by atoms with van der Waals surface area (Å²) in [6, 6.07) is 9.97. The molecule has 0 aliphatic carbocycles. The Morgan fingerprint density at radius 1 is 1.41 bits per heavy atom. The van der Waals surface area contributed by atoms with Gasteiger partial charge in [0.05, 0.1) is 11.6 Å². The summed E-state index contributed by atoms with van der Waals surface area (Å²) in [5.41, 5.74) is 1.63. The van der Waals surface area contributed by atoms with Crippen molar-refractivity contribution in [3.8, 4) is 0 Å². The molecule has 0 fully saturated rings. The van der Waals surface area contributed by atoms with Gasteiger partial charge in [-0.25, -0.2) is 4.98 Å². The molecule has 1 amide bonds. The van der Waals surface area contributed by atoms with E-state index in [1.54, 1.807) is 5.38 Å². The molecule has 22 heavy (non-hydrogen) atoms. The Bertz CT molecular complexity index is 597. The molecule has 2 atom stereocenters. The van der Waals surface area contributed by atoms with Gasteiger partial charge in [-0.2, -0.15) is 11.8 Å². The molecule has 0 radical (unpaired) electrons. The lowest BCUT2D eigenvalue weighted by molar-refractivity contribution is 0.0931. The number of rotatable bonds is 7. The summed E-state index contributed by atoms with van der Waals surface area (Å²) in [4.78, 5) is 16.6. The van der Waals surface area contributed by atoms with E-state index in [0.29, 0.717) is 5.69 Å². The fourth-order valence-electron chi connectivity index (χ4n) is 2.08. The first-order valence-electron chi connectivity index (χ1n) is 7.07. The summed E-state index contributed by atoms with van der Waals surface area (Å²) in [6.07, 6.45) is 2.66. The molecular formula is C16H20N2O2S2. The molecule has 1 aromatic heterocycles. The summed E-state index contributed by atoms with van der Waals surface area (Å²) < 4.78 is 0. The average molecular weight is 336 g/mol. The Hall–Kier alpha value is -1.37. The van der Waals surface area contributed by atoms with Crippen molar-refractivity contribution in [1.82, 2.24) is 10.3 Å². The first-order chi connectivity index (χ1) is 10.6. The van der Waals surface area contributed by atoms with Gasteiger partial charge in [-0.3, -0.25) is 4.79 Å². The van der Waals surface area contributed by atoms with Crippen LogP contribution in [0.5, 0.6) is 0 Å². The SMILES string of the molecule is CSC(CO)C(C)NC(=O)c1csc(Cc2ccccc2)n1. The van der Waals surface area contributed by atoms with E-state index < -0.39 is 0 Å². The van der Waals surface area contributed by atoms with E-state index >= 15 is 0 Å². The van der Waals surface area contributed by atoms with Gasteiger partial charge in [-0.1, -0.05) is 30.3 Å². The number of amides is 1. The first kappa shape index (κ1) is 17.0. The molecule has 0 saturated heterocycles. The fraction of sp³-hybridized carbons (Fsp3) is 0.375. The highest BCUT2D eigenvalue weighted by Gasteiger charge is 2.19. The Morgan fingerprint density at radius 2 is 2.14 bits per heavy atom. The zero-order chi connectivity index (χ0) is 15.9. The third-order valence-corrected chi connectivity index (χ3v) is 5.39. The molecule has 1 aromatic carbocycles. The number of aliphatic hydroxyl groups excluding tert-OH is 1. The van der Waals surface area contributed by atoms with E-state index in [9.17, 15) is 9.90 Å². The number of nitrogens with one attached hydrogen (secondary N) is 1. The minimum atomic E-state index is -0.185. The van der Waals surface area contributed by atoms with Crippen LogP contribution in [-0.2, 0) is 6.42 Å². The molecular weight excluding hydrogens is 316 g/mol. The van der Waals surface area contributed by atoms with Gasteiger partial charge in [-0.05, 0) is 18.7 Å². The minimum absolute atomic E-state index is 0.00799. The fourth-order valence-corrected chi connectivity index (χ4v) is 3.51. The Balaban J connectivity index is 1.97. The topological polar surface area (TPSA) is 62.2 Å². The van der Waals surface area contributed by atoms with Crippen molar-refractivity contribution >= 4 is 29.0 Å². The standard InChI is InChI=1S/C16H20N2O2S2/c1-11(14(9-19)21-2)17-16(20)13-10-22-15(18-13)8-12-6-4-3-5-7-12/h3-7,10-11,14,19H,8-9H2,1-2H3,(H,17,20). The van der Waals surface area contributed by atoms with Crippen molar-refractivity contribution in [3.63, 3.8) is 0 Å². The van der Waals surface area contributed by atoms with E-state index in [1.807, 2.05) is 43.5 Å². The van der Waals surface area contributed by atoms with Crippen LogP contribution < -0.4 is 5.32 Å². The van der Waals surface area contributed by atoms with Gasteiger partial charge in [0.1, 0.15) is 5.69 Å². The highest BCUT2D eigenvalue weighted by atomic mass is 32.2. The molecule has 2 N–H and O–H groups in total. The number of carbonyl (C=O) groups excluding carboxylic acids is 1. The van der Waals surface area contributed by atoms with Gasteiger partial charge in [0.2, 0.25) is 0 Å². The van der Waals surface area contributed by atoms with Crippen LogP contribution in [0.25, 0.3) is 0 Å². The molecule has 6 heteroatoms. The maximum atomic E-state index is 12.2. The lowest BCUT2D eigenvalue weighted by Crippen LogP contribution is -2.41. The van der Waals surface area contributed by atoms with Gasteiger partial charge in [0, 0.05) is 23.1 Å². The van der Waals surface area contributed by atoms with Crippen molar-refractivity contribution in [2.75, 3.05) is 12.9 Å². The summed E-state index contributed by atoms with van der Waals surface area (Å²) in [6.45, 7) is 1.94. The number of thiazole rings is 1. The van der Waals surface area contributed by atoms with Crippen LogP contribution in [0.1, 0.15) is 28.0 Å². The number of aliphatic hydroxyl groups is 1. The second-order valence-corrected chi connectivity index (χ2v) is 7.03. The van der Waals surface area contributed by atoms with E-state index in [4.69, 9.17) is 0 Å². The first-order valence-corrected chi connectivity index (χ1v) is 9.23. The quantitative estimate of drug-likeness (QED) is 0.816. The molecule has 2 unspecified atom stereocenters. The number of aromatic nitrogens is 1. The normalized spacial score (nSPS) is 13.6. The third-order valence-electron chi connectivity index (χ3n) is 3.38. The number of hydrogen-bond donors (Lipinski definition) is 2. The van der Waals surface area contributed by atoms with Crippen LogP contribution in [0.4, 0.5) is 0 Å². The highest BCUT2D eigenvalue weighted by molar-refractivity contribution is 7.99. The zero-order valence-corrected chi connectivity index (χ0v) is 14.3. The van der Waals surface area contributed by atoms with Crippen LogP contribution in [0, 0.1) is 0 Å². The molecule has 118 valence electrons. The lowest BCUT2D eigenvalue weighted by atomic mass is 10.2. The van der Waals surface area contributed by atoms with Crippen molar-refractivity contribution in [2.24, 2.45) is 0 Å². The summed E-state index contributed by atoms with van der Waals surface area (Å²) in [5.74, 6) is -0.185. The van der Waals surface area contributed by atoms with Crippen LogP contribution in [0.3, 0.4) is 0 Å². The van der Waals surface area contributed by atoms with E-state index in [1.165, 1.54) is 28.7 Å². The van der Waals surface area contributed by atoms with Crippen molar-refractivity contribution in [3.05, 3.63) is 52.0 Å². The van der Waals surface area contributed by atoms with Gasteiger partial charge >= 0.3 is 0 Å². The van der Waals surface area contributed by atoms with Crippen LogP contribution in [-0.4, -0.2) is 40.2 Å². The molecule has 0 spiro atoms. The summed E-state index contributed by atoms with van der Waals surface area (Å²) in [5, 5.41) is 14.9. The number of benzene rings is 1. The second-order valence-electron chi connectivity index (χ2n) is 5.01. The van der Waals surface area contributed by atoms with Crippen molar-refractivity contribution in [2.45, 2.75) is 24.6 Å². The predicted octanol–water partition coefficient (Wildman–Crippen LogP) is 2.58. The monoisotopic (exact) mass is 336 g/mol. The number of carbonyl (C=O) groups is 1. The molecule has 4 nitrogen and oxygen atoms in total. The van der Waals surface area contributed by atoms with E-state index in [-0.39, 0.29) is 23.8 Å². The van der Waals surface area contributed by atoms with Crippen molar-refractivity contribution < 1.29 is 9.90 Å². The Kier molecular flexibility index (Phi) is 6.42. The van der Waals surface area contributed by atoms with Gasteiger partial charge in [-0.15, -0.1) is 11.3 Å². The number of thioether (sulfide) groups is 1. The van der Waals surface area contributed by atoms with Gasteiger partial charge < -0.3 is 10.4 Å². The van der Waals surface area contributed by atoms with Crippen LogP contribution in [0.15, 0.2) is 35.7 Å². The minimum Gasteiger partial charge on any atom is -0.395 e. The number of nitrogens with zero attached hydrogens (tertiary/aromatic N) is 1. The van der Waals surface area contributed by atoms with Crippen LogP contribution in [0.2, 0.25) is 0 Å². The third kappa shape index (κ3) is 4.56. The molecule has 0 aliphatic heterocycles. The molecule has 2 aromatic rings. The average Bonchev–Trinajstić information content (AvgIpc) is 2.98. The van der Waals surface area contributed by atoms with Crippen LogP contribution >= 0.6 is 23.1 Å². The van der Waals surface area contributed by atoms with E-state index in [0.717, 1.165) is 11.4 Å². The Morgan fingerprint density at radius 3 is 2.77 bits per heavy atom. The maximum absolute atomic E-state index is 12.2. The smallest absolute Gasteiger partial charge is 0.271 e. The highest BCUT2D eigenvalue weighted by Crippen LogP contribution is 2.16. The Labute approximate surface area is 139 Å². The largest absolute Gasteiger partial charge is 0.395 e.